The molecule has 2 atom stereocenters. The average Bonchev–Trinajstić information content (AvgIpc) is 3.29. The third-order valence-corrected chi connectivity index (χ3v) is 4.43. The highest BCUT2D eigenvalue weighted by Gasteiger charge is 2.48. The molecule has 1 fully saturated rings. The molecule has 0 spiro atoms. The van der Waals surface area contributed by atoms with Crippen LogP contribution in [0.5, 0.6) is 0 Å². The predicted molar refractivity (Wildman–Crippen MR) is 96.5 cm³/mol. The van der Waals surface area contributed by atoms with E-state index in [0.717, 1.165) is 11.3 Å². The third kappa shape index (κ3) is 3.89. The van der Waals surface area contributed by atoms with Crippen molar-refractivity contribution < 1.29 is 9.59 Å². The number of carbonyl (C=O) groups is 2. The molecule has 24 heavy (non-hydrogen) atoms. The lowest BCUT2D eigenvalue weighted by atomic mass is 10.2. The molecule has 0 heterocycles. The molecule has 6 heteroatoms. The smallest absolute Gasteiger partial charge is 0.228 e. The van der Waals surface area contributed by atoms with Crippen molar-refractivity contribution in [3.63, 3.8) is 0 Å². The Balaban J connectivity index is 1.59. The minimum atomic E-state index is -0.327. The average molecular weight is 363 g/mol. The quantitative estimate of drug-likeness (QED) is 0.839. The molecule has 3 rings (SSSR count). The van der Waals surface area contributed by atoms with Crippen molar-refractivity contribution in [3.05, 3.63) is 58.1 Å². The minimum absolute atomic E-state index is 0.131. The van der Waals surface area contributed by atoms with Gasteiger partial charge < -0.3 is 10.6 Å². The summed E-state index contributed by atoms with van der Waals surface area (Å²) in [5, 5.41) is 6.53. The predicted octanol–water partition coefficient (Wildman–Crippen LogP) is 4.52. The van der Waals surface area contributed by atoms with E-state index in [4.69, 9.17) is 23.2 Å². The van der Waals surface area contributed by atoms with Crippen LogP contribution in [0, 0.1) is 18.8 Å². The Hall–Kier alpha value is -2.04. The number of carbonyl (C=O) groups excluding carboxylic acids is 2. The molecular weight excluding hydrogens is 347 g/mol. The zero-order valence-corrected chi connectivity index (χ0v) is 14.5. The van der Waals surface area contributed by atoms with Gasteiger partial charge >= 0.3 is 0 Å². The Morgan fingerprint density at radius 2 is 1.54 bits per heavy atom. The fraction of sp³-hybridized carbons (Fsp3) is 0.222. The van der Waals surface area contributed by atoms with Crippen molar-refractivity contribution >= 4 is 46.4 Å². The Morgan fingerprint density at radius 3 is 2.17 bits per heavy atom. The first-order valence-corrected chi connectivity index (χ1v) is 8.33. The third-order valence-electron chi connectivity index (χ3n) is 4.00. The van der Waals surface area contributed by atoms with Gasteiger partial charge in [-0.05, 0) is 43.2 Å². The maximum Gasteiger partial charge on any atom is 0.228 e. The first kappa shape index (κ1) is 16.8. The van der Waals surface area contributed by atoms with Gasteiger partial charge in [-0.3, -0.25) is 9.59 Å². The first-order valence-electron chi connectivity index (χ1n) is 7.57. The standard InChI is InChI=1S/C18H16Cl2N2O2/c1-10-4-2-3-5-16(10)22-18(24)15-9-14(15)17(23)21-13-7-11(19)6-12(20)8-13/h2-8,14-15H,9H2,1H3,(H,21,23)(H,22,24). The highest BCUT2D eigenvalue weighted by Crippen LogP contribution is 2.40. The van der Waals surface area contributed by atoms with Crippen LogP contribution in [0.3, 0.4) is 0 Å². The Kier molecular flexibility index (Phi) is 4.78. The lowest BCUT2D eigenvalue weighted by molar-refractivity contribution is -0.122. The van der Waals surface area contributed by atoms with Gasteiger partial charge in [-0.25, -0.2) is 0 Å². The summed E-state index contributed by atoms with van der Waals surface area (Å²) < 4.78 is 0. The molecule has 0 saturated heterocycles. The monoisotopic (exact) mass is 362 g/mol. The summed E-state index contributed by atoms with van der Waals surface area (Å²) >= 11 is 11.8. The lowest BCUT2D eigenvalue weighted by Gasteiger charge is -2.08. The molecule has 0 radical (unpaired) electrons. The van der Waals surface area contributed by atoms with E-state index in [9.17, 15) is 9.59 Å². The number of hydrogen-bond acceptors (Lipinski definition) is 2. The van der Waals surface area contributed by atoms with Crippen LogP contribution >= 0.6 is 23.2 Å². The number of anilines is 2. The van der Waals surface area contributed by atoms with Gasteiger partial charge in [-0.1, -0.05) is 41.4 Å². The van der Waals surface area contributed by atoms with Crippen LogP contribution in [0.15, 0.2) is 42.5 Å². The number of halogens is 2. The zero-order chi connectivity index (χ0) is 17.3. The second-order valence-electron chi connectivity index (χ2n) is 5.90. The van der Waals surface area contributed by atoms with E-state index in [1.165, 1.54) is 0 Å². The molecule has 0 aliphatic heterocycles. The van der Waals surface area contributed by atoms with E-state index in [2.05, 4.69) is 10.6 Å². The maximum absolute atomic E-state index is 12.3. The molecule has 1 aliphatic rings. The second-order valence-corrected chi connectivity index (χ2v) is 6.77. The Morgan fingerprint density at radius 1 is 0.958 bits per heavy atom. The van der Waals surface area contributed by atoms with Crippen molar-refractivity contribution in [1.82, 2.24) is 0 Å². The number of benzene rings is 2. The number of rotatable bonds is 4. The molecule has 4 nitrogen and oxygen atoms in total. The van der Waals surface area contributed by atoms with Crippen molar-refractivity contribution in [1.29, 1.82) is 0 Å². The van der Waals surface area contributed by atoms with Crippen LogP contribution in [0.1, 0.15) is 12.0 Å². The summed E-state index contributed by atoms with van der Waals surface area (Å²) in [5.41, 5.74) is 2.29. The molecule has 0 aromatic heterocycles. The van der Waals surface area contributed by atoms with Crippen LogP contribution in [0.4, 0.5) is 11.4 Å². The SMILES string of the molecule is Cc1ccccc1NC(=O)C1CC1C(=O)Nc1cc(Cl)cc(Cl)c1. The van der Waals surface area contributed by atoms with Crippen molar-refractivity contribution in [2.75, 3.05) is 10.6 Å². The fourth-order valence-corrected chi connectivity index (χ4v) is 3.10. The highest BCUT2D eigenvalue weighted by atomic mass is 35.5. The van der Waals surface area contributed by atoms with Gasteiger partial charge in [-0.2, -0.15) is 0 Å². The number of aryl methyl sites for hydroxylation is 1. The molecule has 2 aromatic rings. The summed E-state index contributed by atoms with van der Waals surface area (Å²) in [6.07, 6.45) is 0.540. The first-order chi connectivity index (χ1) is 11.4. The molecule has 124 valence electrons. The summed E-state index contributed by atoms with van der Waals surface area (Å²) in [5.74, 6) is -0.960. The van der Waals surface area contributed by atoms with Crippen LogP contribution in [-0.4, -0.2) is 11.8 Å². The van der Waals surface area contributed by atoms with Gasteiger partial charge in [0.1, 0.15) is 0 Å². The largest absolute Gasteiger partial charge is 0.326 e. The normalized spacial score (nSPS) is 18.8. The number of nitrogens with one attached hydrogen (secondary N) is 2. The van der Waals surface area contributed by atoms with Crippen LogP contribution in [0.2, 0.25) is 10.0 Å². The van der Waals surface area contributed by atoms with E-state index in [1.807, 2.05) is 31.2 Å². The molecule has 2 aromatic carbocycles. The van der Waals surface area contributed by atoms with E-state index < -0.39 is 0 Å². The molecule has 2 amide bonds. The number of para-hydroxylation sites is 1. The summed E-state index contributed by atoms with van der Waals surface area (Å²) in [4.78, 5) is 24.5. The molecule has 2 N–H and O–H groups in total. The molecule has 0 bridgehead atoms. The van der Waals surface area contributed by atoms with Crippen LogP contribution in [-0.2, 0) is 9.59 Å². The Labute approximate surface area is 150 Å². The van der Waals surface area contributed by atoms with Crippen molar-refractivity contribution in [2.24, 2.45) is 11.8 Å². The summed E-state index contributed by atoms with van der Waals surface area (Å²) in [6.45, 7) is 1.93. The topological polar surface area (TPSA) is 58.2 Å². The minimum Gasteiger partial charge on any atom is -0.326 e. The van der Waals surface area contributed by atoms with Gasteiger partial charge in [0.15, 0.2) is 0 Å². The van der Waals surface area contributed by atoms with Gasteiger partial charge in [-0.15, -0.1) is 0 Å². The zero-order valence-electron chi connectivity index (χ0n) is 13.0. The van der Waals surface area contributed by atoms with E-state index in [0.29, 0.717) is 22.2 Å². The highest BCUT2D eigenvalue weighted by molar-refractivity contribution is 6.35. The molecule has 2 unspecified atom stereocenters. The molecular formula is C18H16Cl2N2O2. The number of amides is 2. The van der Waals surface area contributed by atoms with Gasteiger partial charge in [0.2, 0.25) is 11.8 Å². The molecule has 1 saturated carbocycles. The van der Waals surface area contributed by atoms with Crippen LogP contribution in [0.25, 0.3) is 0 Å². The number of hydrogen-bond donors (Lipinski definition) is 2. The maximum atomic E-state index is 12.3. The van der Waals surface area contributed by atoms with Crippen molar-refractivity contribution in [3.8, 4) is 0 Å². The van der Waals surface area contributed by atoms with Gasteiger partial charge in [0.25, 0.3) is 0 Å². The van der Waals surface area contributed by atoms with E-state index >= 15 is 0 Å². The van der Waals surface area contributed by atoms with Gasteiger partial charge in [0, 0.05) is 21.4 Å². The summed E-state index contributed by atoms with van der Waals surface area (Å²) in [7, 11) is 0. The van der Waals surface area contributed by atoms with Gasteiger partial charge in [0.05, 0.1) is 11.8 Å². The summed E-state index contributed by atoms with van der Waals surface area (Å²) in [6, 6.07) is 12.4. The van der Waals surface area contributed by atoms with E-state index in [-0.39, 0.29) is 23.7 Å². The van der Waals surface area contributed by atoms with Crippen molar-refractivity contribution in [2.45, 2.75) is 13.3 Å². The lowest BCUT2D eigenvalue weighted by Crippen LogP contribution is -2.20. The molecule has 1 aliphatic carbocycles. The fourth-order valence-electron chi connectivity index (χ4n) is 2.57. The Bertz CT molecular complexity index is 787. The van der Waals surface area contributed by atoms with Crippen LogP contribution < -0.4 is 10.6 Å². The van der Waals surface area contributed by atoms with E-state index in [1.54, 1.807) is 18.2 Å². The second kappa shape index (κ2) is 6.83.